The fourth-order valence-electron chi connectivity index (χ4n) is 2.68. The Morgan fingerprint density at radius 2 is 1.67 bits per heavy atom. The fraction of sp³-hybridized carbons (Fsp3) is 0.316. The summed E-state index contributed by atoms with van der Waals surface area (Å²) in [5.41, 5.74) is 3.16. The lowest BCUT2D eigenvalue weighted by molar-refractivity contribution is 0.0905. The van der Waals surface area contributed by atoms with Gasteiger partial charge in [-0.2, -0.15) is 0 Å². The van der Waals surface area contributed by atoms with Crippen LogP contribution in [0.3, 0.4) is 0 Å². The molecule has 0 bridgehead atoms. The Balaban J connectivity index is 2.55. The van der Waals surface area contributed by atoms with E-state index in [1.54, 1.807) is 7.11 Å². The van der Waals surface area contributed by atoms with Gasteiger partial charge in [0.15, 0.2) is 5.78 Å². The van der Waals surface area contributed by atoms with Gasteiger partial charge in [-0.3, -0.25) is 4.79 Å². The zero-order chi connectivity index (χ0) is 15.6. The van der Waals surface area contributed by atoms with Crippen LogP contribution in [0.4, 0.5) is 0 Å². The molecule has 2 nitrogen and oxygen atoms in total. The number of aryl methyl sites for hydroxylation is 2. The topological polar surface area (TPSA) is 26.3 Å². The molecule has 0 aromatic heterocycles. The molecule has 2 rings (SSSR count). The summed E-state index contributed by atoms with van der Waals surface area (Å²) in [5.74, 6) is 0.740. The number of carbonyl (C=O) groups excluding carboxylic acids is 1. The zero-order valence-electron chi connectivity index (χ0n) is 13.4. The maximum absolute atomic E-state index is 13.1. The first-order chi connectivity index (χ1) is 9.87. The number of benzene rings is 2. The molecule has 2 aromatic rings. The van der Waals surface area contributed by atoms with E-state index >= 15 is 0 Å². The molecule has 0 fully saturated rings. The van der Waals surface area contributed by atoms with E-state index in [1.165, 1.54) is 0 Å². The van der Waals surface area contributed by atoms with E-state index < -0.39 is 5.41 Å². The highest BCUT2D eigenvalue weighted by Gasteiger charge is 2.33. The van der Waals surface area contributed by atoms with Crippen LogP contribution in [0, 0.1) is 13.8 Å². The van der Waals surface area contributed by atoms with E-state index in [4.69, 9.17) is 4.74 Å². The van der Waals surface area contributed by atoms with Crippen LogP contribution in [-0.2, 0) is 5.41 Å². The number of methoxy groups -OCH3 is 1. The average molecular weight is 282 g/mol. The lowest BCUT2D eigenvalue weighted by Crippen LogP contribution is -2.30. The van der Waals surface area contributed by atoms with Gasteiger partial charge in [-0.05, 0) is 50.5 Å². The predicted octanol–water partition coefficient (Wildman–Crippen LogP) is 4.47. The number of carbonyl (C=O) groups is 1. The molecule has 0 radical (unpaired) electrons. The molecule has 2 heteroatoms. The zero-order valence-corrected chi connectivity index (χ0v) is 13.4. The number of rotatable bonds is 4. The van der Waals surface area contributed by atoms with Crippen LogP contribution < -0.4 is 4.74 Å². The van der Waals surface area contributed by atoms with Gasteiger partial charge >= 0.3 is 0 Å². The monoisotopic (exact) mass is 282 g/mol. The minimum Gasteiger partial charge on any atom is -0.496 e. The average Bonchev–Trinajstić information content (AvgIpc) is 2.46. The molecule has 0 saturated heterocycles. The summed E-state index contributed by atoms with van der Waals surface area (Å²) in [7, 11) is 1.61. The Hall–Kier alpha value is -2.09. The minimum atomic E-state index is -0.589. The molecule has 110 valence electrons. The Labute approximate surface area is 126 Å². The second kappa shape index (κ2) is 5.72. The third kappa shape index (κ3) is 2.85. The highest BCUT2D eigenvalue weighted by molar-refractivity contribution is 6.06. The standard InChI is InChI=1S/C19H22O2/c1-13-11-14(2)17(16(12-13)21-5)18(20)19(3,4)15-9-7-6-8-10-15/h6-12H,1-5H3. The third-order valence-electron chi connectivity index (χ3n) is 3.95. The van der Waals surface area contributed by atoms with Crippen LogP contribution in [-0.4, -0.2) is 12.9 Å². The molecule has 0 heterocycles. The van der Waals surface area contributed by atoms with Crippen molar-refractivity contribution in [2.75, 3.05) is 7.11 Å². The van der Waals surface area contributed by atoms with Gasteiger partial charge in [0.2, 0.25) is 0 Å². The summed E-state index contributed by atoms with van der Waals surface area (Å²) in [4.78, 5) is 13.1. The summed E-state index contributed by atoms with van der Waals surface area (Å²) in [6.07, 6.45) is 0. The summed E-state index contributed by atoms with van der Waals surface area (Å²) < 4.78 is 5.44. The molecule has 21 heavy (non-hydrogen) atoms. The maximum atomic E-state index is 13.1. The lowest BCUT2D eigenvalue weighted by Gasteiger charge is -2.26. The molecular weight excluding hydrogens is 260 g/mol. The molecule has 0 atom stereocenters. The van der Waals surface area contributed by atoms with Crippen LogP contribution in [0.1, 0.15) is 40.9 Å². The van der Waals surface area contributed by atoms with Crippen molar-refractivity contribution in [1.29, 1.82) is 0 Å². The van der Waals surface area contributed by atoms with Crippen LogP contribution in [0.25, 0.3) is 0 Å². The highest BCUT2D eigenvalue weighted by atomic mass is 16.5. The molecule has 2 aromatic carbocycles. The van der Waals surface area contributed by atoms with E-state index in [1.807, 2.05) is 70.2 Å². The largest absolute Gasteiger partial charge is 0.496 e. The van der Waals surface area contributed by atoms with Crippen LogP contribution in [0.5, 0.6) is 5.75 Å². The summed E-state index contributed by atoms with van der Waals surface area (Å²) in [5, 5.41) is 0. The number of ether oxygens (including phenoxy) is 1. The van der Waals surface area contributed by atoms with Gasteiger partial charge < -0.3 is 4.74 Å². The van der Waals surface area contributed by atoms with E-state index in [2.05, 4.69) is 0 Å². The van der Waals surface area contributed by atoms with E-state index in [0.29, 0.717) is 11.3 Å². The molecule has 0 unspecified atom stereocenters. The van der Waals surface area contributed by atoms with Crippen molar-refractivity contribution in [3.63, 3.8) is 0 Å². The Kier molecular flexibility index (Phi) is 4.17. The van der Waals surface area contributed by atoms with Gasteiger partial charge in [0.25, 0.3) is 0 Å². The Bertz CT molecular complexity index is 655. The summed E-state index contributed by atoms with van der Waals surface area (Å²) in [6, 6.07) is 13.8. The molecule has 0 aliphatic carbocycles. The summed E-state index contributed by atoms with van der Waals surface area (Å²) >= 11 is 0. The van der Waals surface area contributed by atoms with Crippen molar-refractivity contribution >= 4 is 5.78 Å². The van der Waals surface area contributed by atoms with Crippen LogP contribution in [0.2, 0.25) is 0 Å². The number of ketones is 1. The number of hydrogen-bond acceptors (Lipinski definition) is 2. The van der Waals surface area contributed by atoms with E-state index in [9.17, 15) is 4.79 Å². The summed E-state index contributed by atoms with van der Waals surface area (Å²) in [6.45, 7) is 7.89. The van der Waals surface area contributed by atoms with Crippen molar-refractivity contribution in [3.8, 4) is 5.75 Å². The highest BCUT2D eigenvalue weighted by Crippen LogP contribution is 2.33. The second-order valence-corrected chi connectivity index (χ2v) is 5.98. The van der Waals surface area contributed by atoms with Gasteiger partial charge in [-0.15, -0.1) is 0 Å². The van der Waals surface area contributed by atoms with Gasteiger partial charge in [-0.1, -0.05) is 36.4 Å². The van der Waals surface area contributed by atoms with E-state index in [0.717, 1.165) is 16.7 Å². The van der Waals surface area contributed by atoms with Gasteiger partial charge in [0.1, 0.15) is 5.75 Å². The first-order valence-corrected chi connectivity index (χ1v) is 7.13. The minimum absolute atomic E-state index is 0.0862. The number of Topliss-reactive ketones (excluding diaryl/α,β-unsaturated/α-hetero) is 1. The smallest absolute Gasteiger partial charge is 0.176 e. The molecule has 0 N–H and O–H groups in total. The first kappa shape index (κ1) is 15.3. The Morgan fingerprint density at radius 3 is 2.24 bits per heavy atom. The van der Waals surface area contributed by atoms with Gasteiger partial charge in [0.05, 0.1) is 18.1 Å². The van der Waals surface area contributed by atoms with Gasteiger partial charge in [-0.25, -0.2) is 0 Å². The van der Waals surface area contributed by atoms with Crippen LogP contribution in [0.15, 0.2) is 42.5 Å². The predicted molar refractivity (Wildman–Crippen MR) is 86.3 cm³/mol. The normalized spacial score (nSPS) is 11.3. The molecule has 0 amide bonds. The van der Waals surface area contributed by atoms with Gasteiger partial charge in [0, 0.05) is 0 Å². The second-order valence-electron chi connectivity index (χ2n) is 5.98. The van der Waals surface area contributed by atoms with Crippen LogP contribution >= 0.6 is 0 Å². The molecular formula is C19H22O2. The third-order valence-corrected chi connectivity index (χ3v) is 3.95. The van der Waals surface area contributed by atoms with Crippen molar-refractivity contribution in [2.45, 2.75) is 33.1 Å². The van der Waals surface area contributed by atoms with Crippen molar-refractivity contribution < 1.29 is 9.53 Å². The SMILES string of the molecule is COc1cc(C)cc(C)c1C(=O)C(C)(C)c1ccccc1. The molecule has 0 aliphatic rings. The van der Waals surface area contributed by atoms with Crippen molar-refractivity contribution in [2.24, 2.45) is 0 Å². The Morgan fingerprint density at radius 1 is 1.05 bits per heavy atom. The number of hydrogen-bond donors (Lipinski definition) is 0. The van der Waals surface area contributed by atoms with Crippen molar-refractivity contribution in [3.05, 3.63) is 64.7 Å². The maximum Gasteiger partial charge on any atom is 0.176 e. The molecule has 0 saturated carbocycles. The van der Waals surface area contributed by atoms with E-state index in [-0.39, 0.29) is 5.78 Å². The molecule has 0 spiro atoms. The van der Waals surface area contributed by atoms with Crippen molar-refractivity contribution in [1.82, 2.24) is 0 Å². The quantitative estimate of drug-likeness (QED) is 0.773. The fourth-order valence-corrected chi connectivity index (χ4v) is 2.68. The molecule has 0 aliphatic heterocycles. The first-order valence-electron chi connectivity index (χ1n) is 7.13. The lowest BCUT2D eigenvalue weighted by atomic mass is 9.77.